The summed E-state index contributed by atoms with van der Waals surface area (Å²) in [5.41, 5.74) is 0.316. The number of hydrogen-bond donors (Lipinski definition) is 1. The van der Waals surface area contributed by atoms with Crippen molar-refractivity contribution in [2.45, 2.75) is 83.7 Å². The predicted octanol–water partition coefficient (Wildman–Crippen LogP) is 3.03. The number of nitrogens with one attached hydrogen (secondary N) is 1. The van der Waals surface area contributed by atoms with Gasteiger partial charge in [0, 0.05) is 6.04 Å². The van der Waals surface area contributed by atoms with E-state index in [0.29, 0.717) is 18.3 Å². The lowest BCUT2D eigenvalue weighted by Gasteiger charge is -2.21. The minimum atomic E-state index is -0.283. The molecule has 1 aliphatic rings. The molecule has 2 rings (SSSR count). The average Bonchev–Trinajstić information content (AvgIpc) is 3.11. The summed E-state index contributed by atoms with van der Waals surface area (Å²) >= 11 is 0. The smallest absolute Gasteiger partial charge is 0.307 e. The van der Waals surface area contributed by atoms with Gasteiger partial charge in [0.2, 0.25) is 0 Å². The van der Waals surface area contributed by atoms with Crippen LogP contribution in [0.3, 0.4) is 0 Å². The first kappa shape index (κ1) is 19.4. The number of esters is 1. The van der Waals surface area contributed by atoms with E-state index >= 15 is 0 Å². The Morgan fingerprint density at radius 1 is 1.32 bits per heavy atom. The Morgan fingerprint density at radius 3 is 2.76 bits per heavy atom. The average molecular weight is 350 g/mol. The Kier molecular flexibility index (Phi) is 7.88. The summed E-state index contributed by atoms with van der Waals surface area (Å²) in [7, 11) is 0. The van der Waals surface area contributed by atoms with Gasteiger partial charge in [0.1, 0.15) is 0 Å². The molecule has 1 N–H and O–H groups in total. The van der Waals surface area contributed by atoms with Gasteiger partial charge in [0.25, 0.3) is 5.91 Å². The molecule has 7 nitrogen and oxygen atoms in total. The first-order chi connectivity index (χ1) is 12.1. The highest BCUT2D eigenvalue weighted by atomic mass is 16.5. The summed E-state index contributed by atoms with van der Waals surface area (Å²) < 4.78 is 6.82. The first-order valence-electron chi connectivity index (χ1n) is 9.52. The third kappa shape index (κ3) is 6.14. The van der Waals surface area contributed by atoms with Gasteiger partial charge in [-0.1, -0.05) is 44.2 Å². The fourth-order valence-electron chi connectivity index (χ4n) is 3.26. The van der Waals surface area contributed by atoms with Gasteiger partial charge in [-0.3, -0.25) is 9.59 Å². The molecule has 1 aliphatic carbocycles. The van der Waals surface area contributed by atoms with Crippen LogP contribution in [-0.2, 0) is 9.53 Å². The molecule has 1 heterocycles. The van der Waals surface area contributed by atoms with Crippen molar-refractivity contribution in [3.05, 3.63) is 11.9 Å². The highest BCUT2D eigenvalue weighted by Gasteiger charge is 2.22. The molecule has 1 aromatic heterocycles. The third-order valence-corrected chi connectivity index (χ3v) is 4.65. The summed E-state index contributed by atoms with van der Waals surface area (Å²) in [4.78, 5) is 24.2. The van der Waals surface area contributed by atoms with Crippen LogP contribution in [-0.4, -0.2) is 39.5 Å². The molecule has 7 heteroatoms. The van der Waals surface area contributed by atoms with E-state index in [-0.39, 0.29) is 24.3 Å². The SMILES string of the molecule is CCCCC(CC(=O)OCC)NC(=O)c1cn(C2CCCCC2)nn1. The van der Waals surface area contributed by atoms with Gasteiger partial charge in [-0.25, -0.2) is 4.68 Å². The van der Waals surface area contributed by atoms with Crippen LogP contribution in [0, 0.1) is 0 Å². The fourth-order valence-corrected chi connectivity index (χ4v) is 3.26. The van der Waals surface area contributed by atoms with E-state index in [1.165, 1.54) is 19.3 Å². The number of aromatic nitrogens is 3. The van der Waals surface area contributed by atoms with E-state index < -0.39 is 0 Å². The Balaban J connectivity index is 1.94. The van der Waals surface area contributed by atoms with Gasteiger partial charge in [-0.05, 0) is 26.2 Å². The van der Waals surface area contributed by atoms with Crippen molar-refractivity contribution < 1.29 is 14.3 Å². The number of unbranched alkanes of at least 4 members (excludes halogenated alkanes) is 1. The van der Waals surface area contributed by atoms with E-state index in [4.69, 9.17) is 4.74 Å². The first-order valence-corrected chi connectivity index (χ1v) is 9.52. The highest BCUT2D eigenvalue weighted by Crippen LogP contribution is 2.27. The number of ether oxygens (including phenoxy) is 1. The molecule has 1 amide bonds. The van der Waals surface area contributed by atoms with Gasteiger partial charge in [0.15, 0.2) is 5.69 Å². The minimum Gasteiger partial charge on any atom is -0.466 e. The molecule has 1 unspecified atom stereocenters. The van der Waals surface area contributed by atoms with E-state index in [0.717, 1.165) is 32.1 Å². The molecule has 25 heavy (non-hydrogen) atoms. The molecule has 0 aliphatic heterocycles. The van der Waals surface area contributed by atoms with Crippen molar-refractivity contribution in [2.75, 3.05) is 6.61 Å². The van der Waals surface area contributed by atoms with E-state index in [1.54, 1.807) is 13.1 Å². The standard InChI is InChI=1S/C18H30N4O3/c1-3-5-9-14(12-17(23)25-4-2)19-18(24)16-13-22(21-20-16)15-10-7-6-8-11-15/h13-15H,3-12H2,1-2H3,(H,19,24). The summed E-state index contributed by atoms with van der Waals surface area (Å²) in [5, 5.41) is 11.1. The largest absolute Gasteiger partial charge is 0.466 e. The number of rotatable bonds is 9. The second-order valence-corrected chi connectivity index (χ2v) is 6.70. The number of nitrogens with zero attached hydrogens (tertiary/aromatic N) is 3. The quantitative estimate of drug-likeness (QED) is 0.692. The Bertz CT molecular complexity index is 552. The number of carbonyl (C=O) groups is 2. The van der Waals surface area contributed by atoms with Crippen LogP contribution in [0.5, 0.6) is 0 Å². The number of carbonyl (C=O) groups excluding carboxylic acids is 2. The van der Waals surface area contributed by atoms with E-state index in [9.17, 15) is 9.59 Å². The van der Waals surface area contributed by atoms with Gasteiger partial charge in [-0.2, -0.15) is 0 Å². The normalized spacial score (nSPS) is 16.4. The Hall–Kier alpha value is -1.92. The molecule has 0 bridgehead atoms. The van der Waals surface area contributed by atoms with Crippen molar-refractivity contribution >= 4 is 11.9 Å². The van der Waals surface area contributed by atoms with Crippen molar-refractivity contribution in [1.82, 2.24) is 20.3 Å². The van der Waals surface area contributed by atoms with Gasteiger partial charge < -0.3 is 10.1 Å². The predicted molar refractivity (Wildman–Crippen MR) is 94.2 cm³/mol. The summed E-state index contributed by atoms with van der Waals surface area (Å²) in [6, 6.07) is 0.115. The summed E-state index contributed by atoms with van der Waals surface area (Å²) in [6.07, 6.45) is 10.5. The fraction of sp³-hybridized carbons (Fsp3) is 0.778. The molecule has 1 aromatic rings. The molecular formula is C18H30N4O3. The maximum absolute atomic E-state index is 12.5. The van der Waals surface area contributed by atoms with E-state index in [2.05, 4.69) is 22.6 Å². The van der Waals surface area contributed by atoms with Crippen LogP contribution in [0.25, 0.3) is 0 Å². The van der Waals surface area contributed by atoms with Crippen molar-refractivity contribution in [1.29, 1.82) is 0 Å². The van der Waals surface area contributed by atoms with Crippen LogP contribution in [0.1, 0.15) is 88.2 Å². The Morgan fingerprint density at radius 2 is 2.08 bits per heavy atom. The maximum atomic E-state index is 12.5. The molecule has 1 saturated carbocycles. The molecule has 0 aromatic carbocycles. The van der Waals surface area contributed by atoms with Crippen LogP contribution >= 0.6 is 0 Å². The molecule has 0 radical (unpaired) electrons. The van der Waals surface area contributed by atoms with Crippen molar-refractivity contribution in [2.24, 2.45) is 0 Å². The van der Waals surface area contributed by atoms with Crippen LogP contribution < -0.4 is 5.32 Å². The topological polar surface area (TPSA) is 86.1 Å². The summed E-state index contributed by atoms with van der Waals surface area (Å²) in [5.74, 6) is -0.553. The zero-order valence-corrected chi connectivity index (χ0v) is 15.4. The molecular weight excluding hydrogens is 320 g/mol. The lowest BCUT2D eigenvalue weighted by atomic mass is 9.96. The second kappa shape index (κ2) is 10.2. The zero-order valence-electron chi connectivity index (χ0n) is 15.4. The lowest BCUT2D eigenvalue weighted by Crippen LogP contribution is -2.37. The summed E-state index contributed by atoms with van der Waals surface area (Å²) in [6.45, 7) is 4.21. The third-order valence-electron chi connectivity index (χ3n) is 4.65. The molecule has 0 spiro atoms. The molecule has 1 atom stereocenters. The van der Waals surface area contributed by atoms with Crippen LogP contribution in [0.2, 0.25) is 0 Å². The monoisotopic (exact) mass is 350 g/mol. The van der Waals surface area contributed by atoms with Gasteiger partial charge in [-0.15, -0.1) is 5.10 Å². The zero-order chi connectivity index (χ0) is 18.1. The lowest BCUT2D eigenvalue weighted by molar-refractivity contribution is -0.143. The van der Waals surface area contributed by atoms with Gasteiger partial charge >= 0.3 is 5.97 Å². The molecule has 1 fully saturated rings. The second-order valence-electron chi connectivity index (χ2n) is 6.70. The Labute approximate surface area is 149 Å². The highest BCUT2D eigenvalue weighted by molar-refractivity contribution is 5.92. The maximum Gasteiger partial charge on any atom is 0.307 e. The number of amides is 1. The number of hydrogen-bond acceptors (Lipinski definition) is 5. The molecule has 0 saturated heterocycles. The van der Waals surface area contributed by atoms with Crippen molar-refractivity contribution in [3.63, 3.8) is 0 Å². The minimum absolute atomic E-state index is 0.191. The van der Waals surface area contributed by atoms with Gasteiger partial charge in [0.05, 0.1) is 25.3 Å². The van der Waals surface area contributed by atoms with E-state index in [1.807, 2.05) is 4.68 Å². The molecule has 140 valence electrons. The van der Waals surface area contributed by atoms with Crippen molar-refractivity contribution in [3.8, 4) is 0 Å². The van der Waals surface area contributed by atoms with Crippen LogP contribution in [0.15, 0.2) is 6.20 Å². The van der Waals surface area contributed by atoms with Crippen LogP contribution in [0.4, 0.5) is 0 Å².